The van der Waals surface area contributed by atoms with Gasteiger partial charge >= 0.3 is 11.9 Å². The Bertz CT molecular complexity index is 843. The number of carboxylic acids is 1. The average molecular weight is 402 g/mol. The van der Waals surface area contributed by atoms with E-state index < -0.39 is 17.4 Å². The van der Waals surface area contributed by atoms with Crippen LogP contribution < -0.4 is 9.64 Å². The molecule has 3 aliphatic rings. The monoisotopic (exact) mass is 401 g/mol. The fourth-order valence-electron chi connectivity index (χ4n) is 5.05. The SMILES string of the molecule is C#CC(=O)N(c1ccc(OC2CCC23CCC3)c(Cl)c1)C1(C(=O)O)CCCC1. The van der Waals surface area contributed by atoms with Crippen LogP contribution in [0.5, 0.6) is 5.75 Å². The molecule has 0 radical (unpaired) electrons. The molecule has 4 rings (SSSR count). The topological polar surface area (TPSA) is 66.8 Å². The van der Waals surface area contributed by atoms with Crippen LogP contribution in [0, 0.1) is 17.8 Å². The first-order valence-corrected chi connectivity index (χ1v) is 10.3. The Labute approximate surface area is 170 Å². The summed E-state index contributed by atoms with van der Waals surface area (Å²) in [5, 5.41) is 10.3. The van der Waals surface area contributed by atoms with E-state index in [0.717, 1.165) is 19.3 Å². The van der Waals surface area contributed by atoms with Crippen LogP contribution in [0.15, 0.2) is 18.2 Å². The van der Waals surface area contributed by atoms with Gasteiger partial charge in [-0.1, -0.05) is 30.9 Å². The lowest BCUT2D eigenvalue weighted by Gasteiger charge is -2.55. The molecule has 0 aromatic heterocycles. The van der Waals surface area contributed by atoms with Crippen molar-refractivity contribution in [1.82, 2.24) is 0 Å². The Morgan fingerprint density at radius 2 is 1.89 bits per heavy atom. The smallest absolute Gasteiger partial charge is 0.330 e. The summed E-state index contributed by atoms with van der Waals surface area (Å²) in [4.78, 5) is 25.8. The number of halogens is 1. The maximum Gasteiger partial charge on any atom is 0.330 e. The van der Waals surface area contributed by atoms with E-state index in [1.807, 2.05) is 0 Å². The second kappa shape index (κ2) is 7.00. The van der Waals surface area contributed by atoms with Crippen LogP contribution in [0.4, 0.5) is 5.69 Å². The minimum Gasteiger partial charge on any atom is -0.488 e. The molecule has 0 bridgehead atoms. The minimum atomic E-state index is -1.32. The van der Waals surface area contributed by atoms with Crippen LogP contribution >= 0.6 is 11.6 Å². The van der Waals surface area contributed by atoms with Crippen molar-refractivity contribution < 1.29 is 19.4 Å². The zero-order chi connectivity index (χ0) is 19.9. The van der Waals surface area contributed by atoms with Crippen molar-refractivity contribution in [2.45, 2.75) is 69.4 Å². The number of aliphatic carboxylic acids is 1. The average Bonchev–Trinajstić information content (AvgIpc) is 3.09. The lowest BCUT2D eigenvalue weighted by molar-refractivity contribution is -0.144. The molecule has 1 amide bonds. The number of hydrogen-bond acceptors (Lipinski definition) is 3. The van der Waals surface area contributed by atoms with E-state index in [9.17, 15) is 14.7 Å². The van der Waals surface area contributed by atoms with Crippen molar-refractivity contribution in [3.05, 3.63) is 23.2 Å². The van der Waals surface area contributed by atoms with Gasteiger partial charge < -0.3 is 9.84 Å². The number of ether oxygens (including phenoxy) is 1. The van der Waals surface area contributed by atoms with Crippen LogP contribution in [-0.4, -0.2) is 28.6 Å². The van der Waals surface area contributed by atoms with Gasteiger partial charge in [-0.15, -0.1) is 6.42 Å². The van der Waals surface area contributed by atoms with Gasteiger partial charge in [-0.25, -0.2) is 4.79 Å². The molecule has 0 aliphatic heterocycles. The van der Waals surface area contributed by atoms with E-state index in [0.29, 0.717) is 34.7 Å². The van der Waals surface area contributed by atoms with E-state index in [1.165, 1.54) is 30.6 Å². The molecule has 5 nitrogen and oxygen atoms in total. The Morgan fingerprint density at radius 3 is 2.36 bits per heavy atom. The normalized spacial score (nSPS) is 23.9. The molecule has 1 aromatic carbocycles. The number of anilines is 1. The second-order valence-electron chi connectivity index (χ2n) is 8.30. The summed E-state index contributed by atoms with van der Waals surface area (Å²) in [5.41, 5.74) is -0.597. The summed E-state index contributed by atoms with van der Waals surface area (Å²) in [6, 6.07) is 5.01. The number of amides is 1. The summed E-state index contributed by atoms with van der Waals surface area (Å²) in [5.74, 6) is 0.953. The Hall–Kier alpha value is -2.19. The summed E-state index contributed by atoms with van der Waals surface area (Å²) < 4.78 is 6.17. The molecule has 3 fully saturated rings. The van der Waals surface area contributed by atoms with Crippen LogP contribution in [0.3, 0.4) is 0 Å². The maximum absolute atomic E-state index is 12.5. The van der Waals surface area contributed by atoms with E-state index in [-0.39, 0.29) is 6.10 Å². The van der Waals surface area contributed by atoms with Gasteiger partial charge in [0, 0.05) is 11.1 Å². The van der Waals surface area contributed by atoms with Gasteiger partial charge in [0.2, 0.25) is 0 Å². The summed E-state index contributed by atoms with van der Waals surface area (Å²) in [6.45, 7) is 0. The third kappa shape index (κ3) is 2.86. The van der Waals surface area contributed by atoms with Crippen LogP contribution in [0.1, 0.15) is 57.8 Å². The number of carboxylic acid groups (broad SMARTS) is 1. The van der Waals surface area contributed by atoms with Gasteiger partial charge in [0.1, 0.15) is 17.4 Å². The molecule has 6 heteroatoms. The number of rotatable bonds is 5. The van der Waals surface area contributed by atoms with Crippen LogP contribution in [0.2, 0.25) is 5.02 Å². The number of carbonyl (C=O) groups is 2. The van der Waals surface area contributed by atoms with Crippen molar-refractivity contribution in [2.75, 3.05) is 4.90 Å². The van der Waals surface area contributed by atoms with Gasteiger partial charge in [0.05, 0.1) is 5.02 Å². The molecular weight excluding hydrogens is 378 g/mol. The molecule has 0 heterocycles. The molecular formula is C22H24ClNO4. The van der Waals surface area contributed by atoms with Crippen molar-refractivity contribution in [2.24, 2.45) is 5.41 Å². The summed E-state index contributed by atoms with van der Waals surface area (Å²) in [6.07, 6.45) is 13.7. The predicted molar refractivity (Wildman–Crippen MR) is 107 cm³/mol. The molecule has 1 unspecified atom stereocenters. The Morgan fingerprint density at radius 1 is 1.18 bits per heavy atom. The van der Waals surface area contributed by atoms with E-state index >= 15 is 0 Å². The zero-order valence-electron chi connectivity index (χ0n) is 15.7. The summed E-state index contributed by atoms with van der Waals surface area (Å²) >= 11 is 6.47. The van der Waals surface area contributed by atoms with Crippen molar-refractivity contribution >= 4 is 29.2 Å². The maximum atomic E-state index is 12.5. The number of hydrogen-bond donors (Lipinski definition) is 1. The van der Waals surface area contributed by atoms with Crippen molar-refractivity contribution in [3.63, 3.8) is 0 Å². The standard InChI is InChI=1S/C22H24ClNO4/c1-2-19(25)24(22(20(26)27)11-3-4-12-22)15-6-7-17(16(23)14-15)28-18-8-13-21(18)9-5-10-21/h1,6-7,14,18H,3-5,8-13H2,(H,26,27). The van der Waals surface area contributed by atoms with Gasteiger partial charge in [0.25, 0.3) is 0 Å². The quantitative estimate of drug-likeness (QED) is 0.742. The third-order valence-corrected chi connectivity index (χ3v) is 7.26. The highest BCUT2D eigenvalue weighted by Crippen LogP contribution is 2.57. The minimum absolute atomic E-state index is 0.188. The van der Waals surface area contributed by atoms with Crippen LogP contribution in [-0.2, 0) is 9.59 Å². The number of nitrogens with zero attached hydrogens (tertiary/aromatic N) is 1. The van der Waals surface area contributed by atoms with E-state index in [2.05, 4.69) is 5.92 Å². The molecule has 1 atom stereocenters. The second-order valence-corrected chi connectivity index (χ2v) is 8.71. The lowest BCUT2D eigenvalue weighted by atomic mass is 9.54. The van der Waals surface area contributed by atoms with Crippen LogP contribution in [0.25, 0.3) is 0 Å². The molecule has 1 N–H and O–H groups in total. The first kappa shape index (κ1) is 19.1. The predicted octanol–water partition coefficient (Wildman–Crippen LogP) is 4.42. The van der Waals surface area contributed by atoms with Gasteiger partial charge in [-0.05, 0) is 62.6 Å². The first-order chi connectivity index (χ1) is 13.4. The summed E-state index contributed by atoms with van der Waals surface area (Å²) in [7, 11) is 0. The third-order valence-electron chi connectivity index (χ3n) is 6.96. The molecule has 1 aromatic rings. The molecule has 1 spiro atoms. The first-order valence-electron chi connectivity index (χ1n) is 9.92. The fourth-order valence-corrected chi connectivity index (χ4v) is 5.27. The number of carbonyl (C=O) groups excluding carboxylic acids is 1. The number of terminal acetylenes is 1. The van der Waals surface area contributed by atoms with Gasteiger partial charge in [-0.2, -0.15) is 0 Å². The van der Waals surface area contributed by atoms with Crippen molar-refractivity contribution in [3.8, 4) is 18.1 Å². The van der Waals surface area contributed by atoms with Crippen molar-refractivity contribution in [1.29, 1.82) is 0 Å². The fraction of sp³-hybridized carbons (Fsp3) is 0.545. The number of benzene rings is 1. The lowest BCUT2D eigenvalue weighted by Crippen LogP contribution is -2.55. The molecule has 28 heavy (non-hydrogen) atoms. The molecule has 0 saturated heterocycles. The highest BCUT2D eigenvalue weighted by atomic mass is 35.5. The van der Waals surface area contributed by atoms with Gasteiger partial charge in [-0.3, -0.25) is 9.69 Å². The molecule has 3 aliphatic carbocycles. The van der Waals surface area contributed by atoms with E-state index in [4.69, 9.17) is 22.8 Å². The Kier molecular flexibility index (Phi) is 4.79. The zero-order valence-corrected chi connectivity index (χ0v) is 16.5. The highest BCUT2D eigenvalue weighted by molar-refractivity contribution is 6.32. The van der Waals surface area contributed by atoms with Gasteiger partial charge in [0.15, 0.2) is 0 Å². The van der Waals surface area contributed by atoms with E-state index in [1.54, 1.807) is 18.2 Å². The largest absolute Gasteiger partial charge is 0.488 e. The molecule has 148 valence electrons. The highest BCUT2D eigenvalue weighted by Gasteiger charge is 2.52. The molecule has 3 saturated carbocycles. The Balaban J connectivity index is 1.63.